The molecule has 0 saturated carbocycles. The van der Waals surface area contributed by atoms with Gasteiger partial charge in [0.2, 0.25) is 5.91 Å². The molecule has 1 aliphatic rings. The lowest BCUT2D eigenvalue weighted by Crippen LogP contribution is -2.42. The van der Waals surface area contributed by atoms with Gasteiger partial charge in [0.15, 0.2) is 0 Å². The maximum Gasteiger partial charge on any atom is 0.418 e. The number of rotatable bonds is 3. The zero-order chi connectivity index (χ0) is 15.7. The Morgan fingerprint density at radius 2 is 2.00 bits per heavy atom. The zero-order valence-corrected chi connectivity index (χ0v) is 12.1. The summed E-state index contributed by atoms with van der Waals surface area (Å²) in [5, 5.41) is 5.61. The fraction of sp³-hybridized carbons (Fsp3) is 0.533. The lowest BCUT2D eigenvalue weighted by Gasteiger charge is -2.31. The molecule has 0 radical (unpaired) electrons. The second kappa shape index (κ2) is 5.67. The van der Waals surface area contributed by atoms with Crippen LogP contribution in [0.5, 0.6) is 0 Å². The van der Waals surface area contributed by atoms with Gasteiger partial charge in [-0.1, -0.05) is 26.0 Å². The minimum absolute atomic E-state index is 0.0468. The van der Waals surface area contributed by atoms with Crippen LogP contribution >= 0.6 is 0 Å². The van der Waals surface area contributed by atoms with Crippen molar-refractivity contribution in [1.29, 1.82) is 0 Å². The number of benzene rings is 1. The molecule has 0 aliphatic carbocycles. The standard InChI is InChI=1S/C15H19F3N2O/c1-10(2)14(7-8-19-9-14)13(21)20-12-6-4-3-5-11(12)15(16,17)18/h3-6,10,19H,7-9H2,1-2H3,(H,20,21). The maximum absolute atomic E-state index is 13.0. The number of carbonyl (C=O) groups excluding carboxylic acids is 1. The molecule has 1 fully saturated rings. The Labute approximate surface area is 121 Å². The van der Waals surface area contributed by atoms with Crippen molar-refractivity contribution in [2.75, 3.05) is 18.4 Å². The van der Waals surface area contributed by atoms with Crippen LogP contribution in [0.2, 0.25) is 0 Å². The van der Waals surface area contributed by atoms with Crippen molar-refractivity contribution in [3.8, 4) is 0 Å². The molecule has 1 aromatic rings. The van der Waals surface area contributed by atoms with Crippen molar-refractivity contribution in [1.82, 2.24) is 5.32 Å². The largest absolute Gasteiger partial charge is 0.418 e. The molecular formula is C15H19F3N2O. The van der Waals surface area contributed by atoms with E-state index in [1.807, 2.05) is 13.8 Å². The monoisotopic (exact) mass is 300 g/mol. The summed E-state index contributed by atoms with van der Waals surface area (Å²) < 4.78 is 38.9. The van der Waals surface area contributed by atoms with Crippen molar-refractivity contribution >= 4 is 11.6 Å². The number of carbonyl (C=O) groups is 1. The van der Waals surface area contributed by atoms with E-state index in [2.05, 4.69) is 10.6 Å². The van der Waals surface area contributed by atoms with Crippen molar-refractivity contribution in [2.24, 2.45) is 11.3 Å². The Bertz CT molecular complexity index is 520. The number of alkyl halides is 3. The molecule has 0 bridgehead atoms. The van der Waals surface area contributed by atoms with E-state index in [4.69, 9.17) is 0 Å². The van der Waals surface area contributed by atoms with Crippen molar-refractivity contribution in [3.05, 3.63) is 29.8 Å². The van der Waals surface area contributed by atoms with Crippen LogP contribution < -0.4 is 10.6 Å². The van der Waals surface area contributed by atoms with Gasteiger partial charge >= 0.3 is 6.18 Å². The molecule has 1 unspecified atom stereocenters. The van der Waals surface area contributed by atoms with Crippen molar-refractivity contribution in [3.63, 3.8) is 0 Å². The third kappa shape index (κ3) is 3.05. The van der Waals surface area contributed by atoms with Crippen LogP contribution in [0.3, 0.4) is 0 Å². The van der Waals surface area contributed by atoms with Crippen LogP contribution in [0.25, 0.3) is 0 Å². The van der Waals surface area contributed by atoms with Crippen LogP contribution in [0, 0.1) is 11.3 Å². The van der Waals surface area contributed by atoms with Crippen LogP contribution in [-0.2, 0) is 11.0 Å². The Balaban J connectivity index is 2.28. The predicted octanol–water partition coefficient (Wildman–Crippen LogP) is 3.28. The van der Waals surface area contributed by atoms with Gasteiger partial charge in [0.1, 0.15) is 0 Å². The maximum atomic E-state index is 13.0. The van der Waals surface area contributed by atoms with E-state index in [1.54, 1.807) is 0 Å². The quantitative estimate of drug-likeness (QED) is 0.899. The Hall–Kier alpha value is -1.56. The van der Waals surface area contributed by atoms with Gasteiger partial charge in [-0.25, -0.2) is 0 Å². The van der Waals surface area contributed by atoms with E-state index in [0.717, 1.165) is 6.07 Å². The molecule has 0 aromatic heterocycles. The molecule has 1 heterocycles. The van der Waals surface area contributed by atoms with Gasteiger partial charge < -0.3 is 10.6 Å². The molecule has 2 rings (SSSR count). The molecule has 1 aliphatic heterocycles. The first-order chi connectivity index (χ1) is 9.77. The zero-order valence-electron chi connectivity index (χ0n) is 12.1. The summed E-state index contributed by atoms with van der Waals surface area (Å²) in [4.78, 5) is 12.5. The molecule has 1 atom stereocenters. The second-order valence-electron chi connectivity index (χ2n) is 5.74. The van der Waals surface area contributed by atoms with E-state index < -0.39 is 17.2 Å². The average Bonchev–Trinajstić information content (AvgIpc) is 2.88. The van der Waals surface area contributed by atoms with Gasteiger partial charge in [-0.05, 0) is 31.0 Å². The van der Waals surface area contributed by atoms with Gasteiger partial charge in [-0.2, -0.15) is 13.2 Å². The molecule has 1 saturated heterocycles. The first-order valence-electron chi connectivity index (χ1n) is 6.96. The molecule has 2 N–H and O–H groups in total. The molecule has 116 valence electrons. The first-order valence-corrected chi connectivity index (χ1v) is 6.96. The second-order valence-corrected chi connectivity index (χ2v) is 5.74. The van der Waals surface area contributed by atoms with E-state index in [0.29, 0.717) is 19.5 Å². The summed E-state index contributed by atoms with van der Waals surface area (Å²) in [5.74, 6) is -0.301. The molecule has 0 spiro atoms. The van der Waals surface area contributed by atoms with E-state index in [9.17, 15) is 18.0 Å². The van der Waals surface area contributed by atoms with Crippen molar-refractivity contribution < 1.29 is 18.0 Å². The number of hydrogen-bond acceptors (Lipinski definition) is 2. The number of halogens is 3. The normalized spacial score (nSPS) is 22.6. The highest BCUT2D eigenvalue weighted by molar-refractivity contribution is 5.96. The fourth-order valence-electron chi connectivity index (χ4n) is 2.75. The molecule has 1 amide bonds. The highest BCUT2D eigenvalue weighted by Crippen LogP contribution is 2.38. The summed E-state index contributed by atoms with van der Waals surface area (Å²) in [6, 6.07) is 5.06. The minimum atomic E-state index is -4.48. The first kappa shape index (κ1) is 15.8. The van der Waals surface area contributed by atoms with Gasteiger partial charge in [0.25, 0.3) is 0 Å². The van der Waals surface area contributed by atoms with Gasteiger partial charge in [0, 0.05) is 6.54 Å². The summed E-state index contributed by atoms with van der Waals surface area (Å²) >= 11 is 0. The third-order valence-corrected chi connectivity index (χ3v) is 4.23. The number of hydrogen-bond donors (Lipinski definition) is 2. The van der Waals surface area contributed by atoms with Crippen LogP contribution in [0.1, 0.15) is 25.8 Å². The Kier molecular flexibility index (Phi) is 4.27. The predicted molar refractivity (Wildman–Crippen MR) is 74.8 cm³/mol. The molecule has 21 heavy (non-hydrogen) atoms. The number of amides is 1. The van der Waals surface area contributed by atoms with E-state index >= 15 is 0 Å². The average molecular weight is 300 g/mol. The molecule has 1 aromatic carbocycles. The molecule has 3 nitrogen and oxygen atoms in total. The Morgan fingerprint density at radius 1 is 1.33 bits per heavy atom. The highest BCUT2D eigenvalue weighted by atomic mass is 19.4. The topological polar surface area (TPSA) is 41.1 Å². The number of para-hydroxylation sites is 1. The SMILES string of the molecule is CC(C)C1(C(=O)Nc2ccccc2C(F)(F)F)CCNC1. The van der Waals surface area contributed by atoms with E-state index in [1.165, 1.54) is 18.2 Å². The van der Waals surface area contributed by atoms with Gasteiger partial charge in [-0.15, -0.1) is 0 Å². The summed E-state index contributed by atoms with van der Waals surface area (Å²) in [5.41, 5.74) is -1.65. The van der Waals surface area contributed by atoms with Gasteiger partial charge in [-0.3, -0.25) is 4.79 Å². The lowest BCUT2D eigenvalue weighted by molar-refractivity contribution is -0.137. The number of nitrogens with one attached hydrogen (secondary N) is 2. The van der Waals surface area contributed by atoms with Crippen LogP contribution in [0.4, 0.5) is 18.9 Å². The summed E-state index contributed by atoms with van der Waals surface area (Å²) in [6.07, 6.45) is -3.85. The van der Waals surface area contributed by atoms with Crippen LogP contribution in [0.15, 0.2) is 24.3 Å². The molecular weight excluding hydrogens is 281 g/mol. The third-order valence-electron chi connectivity index (χ3n) is 4.23. The Morgan fingerprint density at radius 3 is 2.52 bits per heavy atom. The highest BCUT2D eigenvalue weighted by Gasteiger charge is 2.44. The van der Waals surface area contributed by atoms with E-state index in [-0.39, 0.29) is 17.5 Å². The lowest BCUT2D eigenvalue weighted by atomic mass is 9.75. The summed E-state index contributed by atoms with van der Waals surface area (Å²) in [7, 11) is 0. The van der Waals surface area contributed by atoms with Crippen LogP contribution in [-0.4, -0.2) is 19.0 Å². The van der Waals surface area contributed by atoms with Gasteiger partial charge in [0.05, 0.1) is 16.7 Å². The fourth-order valence-corrected chi connectivity index (χ4v) is 2.75. The summed E-state index contributed by atoms with van der Waals surface area (Å²) in [6.45, 7) is 5.03. The minimum Gasteiger partial charge on any atom is -0.325 e. The smallest absolute Gasteiger partial charge is 0.325 e. The van der Waals surface area contributed by atoms with Crippen molar-refractivity contribution in [2.45, 2.75) is 26.4 Å². The molecule has 6 heteroatoms. The number of anilines is 1.